The molecule has 0 aliphatic heterocycles. The van der Waals surface area contributed by atoms with Gasteiger partial charge in [-0.3, -0.25) is 4.79 Å². The number of carbonyl (C=O) groups excluding carboxylic acids is 1. The molecule has 3 aromatic carbocycles. The summed E-state index contributed by atoms with van der Waals surface area (Å²) in [6.45, 7) is 14.0. The Morgan fingerprint density at radius 3 is 2.12 bits per heavy atom. The molecule has 0 fully saturated rings. The summed E-state index contributed by atoms with van der Waals surface area (Å²) in [6, 6.07) is 19.4. The van der Waals surface area contributed by atoms with E-state index in [9.17, 15) is 13.2 Å². The highest BCUT2D eigenvalue weighted by Crippen LogP contribution is 2.41. The van der Waals surface area contributed by atoms with Crippen LogP contribution in [0.4, 0.5) is 0 Å². The summed E-state index contributed by atoms with van der Waals surface area (Å²) >= 11 is 0. The lowest BCUT2D eigenvalue weighted by atomic mass is 9.94. The van der Waals surface area contributed by atoms with Gasteiger partial charge in [0.15, 0.2) is 5.78 Å². The number of ether oxygens (including phenoxy) is 2. The molecular weight excluding hydrogens is 569 g/mol. The predicted molar refractivity (Wildman–Crippen MR) is 170 cm³/mol. The van der Waals surface area contributed by atoms with Crippen molar-refractivity contribution in [3.05, 3.63) is 84.4 Å². The SMILES string of the molecule is C=C(C(=O)c1ccc(S(=O)(=O)NO[Si](C)(C)C(C)(C)C)cc1)c1cc(-c2cc3ccccc3n2C)c(OC)cc1OC. The van der Waals surface area contributed by atoms with E-state index in [0.29, 0.717) is 17.1 Å². The Morgan fingerprint density at radius 2 is 1.55 bits per heavy atom. The minimum Gasteiger partial charge on any atom is -0.496 e. The quantitative estimate of drug-likeness (QED) is 0.0906. The Bertz CT molecular complexity index is 1770. The van der Waals surface area contributed by atoms with Gasteiger partial charge >= 0.3 is 0 Å². The molecule has 4 aromatic rings. The Morgan fingerprint density at radius 1 is 0.929 bits per heavy atom. The number of fused-ring (bicyclic) bond motifs is 1. The van der Waals surface area contributed by atoms with Crippen molar-refractivity contribution in [3.8, 4) is 22.8 Å². The van der Waals surface area contributed by atoms with Crippen LogP contribution in [0.1, 0.15) is 36.7 Å². The van der Waals surface area contributed by atoms with Crippen LogP contribution in [-0.4, -0.2) is 41.3 Å². The van der Waals surface area contributed by atoms with Gasteiger partial charge < -0.3 is 18.6 Å². The zero-order valence-electron chi connectivity index (χ0n) is 25.4. The van der Waals surface area contributed by atoms with E-state index in [2.05, 4.69) is 22.1 Å². The van der Waals surface area contributed by atoms with Crippen molar-refractivity contribution < 1.29 is 27.2 Å². The summed E-state index contributed by atoms with van der Waals surface area (Å²) in [5.41, 5.74) is 3.72. The smallest absolute Gasteiger partial charge is 0.261 e. The van der Waals surface area contributed by atoms with Crippen LogP contribution in [0.2, 0.25) is 18.1 Å². The number of nitrogens with one attached hydrogen (secondary N) is 1. The molecule has 0 amide bonds. The molecule has 0 atom stereocenters. The van der Waals surface area contributed by atoms with Crippen LogP contribution in [0.15, 0.2) is 78.2 Å². The number of hydrogen-bond acceptors (Lipinski definition) is 6. The summed E-state index contributed by atoms with van der Waals surface area (Å²) in [6.07, 6.45) is 0. The molecule has 0 radical (unpaired) electrons. The zero-order valence-corrected chi connectivity index (χ0v) is 27.2. The lowest BCUT2D eigenvalue weighted by Gasteiger charge is -2.35. The highest BCUT2D eigenvalue weighted by Gasteiger charge is 2.39. The summed E-state index contributed by atoms with van der Waals surface area (Å²) in [5.74, 6) is 0.651. The zero-order chi connectivity index (χ0) is 31.0. The van der Waals surface area contributed by atoms with Gasteiger partial charge in [0, 0.05) is 46.3 Å². The first-order valence-corrected chi connectivity index (χ1v) is 17.8. The number of carbonyl (C=O) groups is 1. The summed E-state index contributed by atoms with van der Waals surface area (Å²) in [4.78, 5) is 15.8. The topological polar surface area (TPSA) is 95.9 Å². The van der Waals surface area contributed by atoms with Gasteiger partial charge in [-0.05, 0) is 60.6 Å². The van der Waals surface area contributed by atoms with E-state index in [-0.39, 0.29) is 26.9 Å². The van der Waals surface area contributed by atoms with E-state index < -0.39 is 18.3 Å². The molecule has 4 rings (SSSR count). The van der Waals surface area contributed by atoms with Crippen LogP contribution in [0.3, 0.4) is 0 Å². The van der Waals surface area contributed by atoms with Crippen molar-refractivity contribution in [1.29, 1.82) is 0 Å². The third-order valence-electron chi connectivity index (χ3n) is 7.99. The molecule has 0 unspecified atom stereocenters. The third kappa shape index (κ3) is 5.93. The monoisotopic (exact) mass is 606 g/mol. The number of hydrogen-bond donors (Lipinski definition) is 1. The van der Waals surface area contributed by atoms with Gasteiger partial charge in [-0.25, -0.2) is 8.42 Å². The highest BCUT2D eigenvalue weighted by atomic mass is 32.2. The average molecular weight is 607 g/mol. The Hall–Kier alpha value is -3.70. The number of para-hydroxylation sites is 1. The maximum absolute atomic E-state index is 13.6. The van der Waals surface area contributed by atoms with Gasteiger partial charge in [-0.15, -0.1) is 4.89 Å². The fraction of sp³-hybridized carbons (Fsp3) is 0.281. The fourth-order valence-electron chi connectivity index (χ4n) is 4.32. The number of nitrogens with zero attached hydrogens (tertiary/aromatic N) is 1. The minimum absolute atomic E-state index is 0.0107. The maximum atomic E-state index is 13.6. The molecule has 222 valence electrons. The van der Waals surface area contributed by atoms with Crippen LogP contribution in [0.5, 0.6) is 11.5 Å². The number of allylic oxidation sites excluding steroid dienone is 1. The number of ketones is 1. The van der Waals surface area contributed by atoms with Crippen LogP contribution in [0, 0.1) is 0 Å². The summed E-state index contributed by atoms with van der Waals surface area (Å²) < 4.78 is 44.9. The van der Waals surface area contributed by atoms with E-state index in [1.54, 1.807) is 13.2 Å². The van der Waals surface area contributed by atoms with Crippen molar-refractivity contribution in [2.24, 2.45) is 7.05 Å². The number of rotatable bonds is 10. The fourth-order valence-corrected chi connectivity index (χ4v) is 6.49. The first-order chi connectivity index (χ1) is 19.6. The molecular formula is C32H38N2O6SSi. The molecule has 10 heteroatoms. The van der Waals surface area contributed by atoms with E-state index in [1.165, 1.54) is 31.4 Å². The number of benzene rings is 3. The molecule has 1 N–H and O–H groups in total. The molecule has 1 heterocycles. The third-order valence-corrected chi connectivity index (χ3v) is 13.6. The number of Topliss-reactive ketones (excluding diaryl/α,β-unsaturated/α-hetero) is 1. The second-order valence-corrected chi connectivity index (χ2v) is 18.1. The number of sulfonamides is 1. The van der Waals surface area contributed by atoms with E-state index in [1.807, 2.05) is 71.2 Å². The van der Waals surface area contributed by atoms with Gasteiger partial charge in [0.25, 0.3) is 10.0 Å². The normalized spacial score (nSPS) is 12.4. The molecule has 1 aromatic heterocycles. The first kappa shape index (κ1) is 31.2. The number of aryl methyl sites for hydroxylation is 1. The second-order valence-electron chi connectivity index (χ2n) is 11.7. The summed E-state index contributed by atoms with van der Waals surface area (Å²) in [5, 5.41) is 0.894. The maximum Gasteiger partial charge on any atom is 0.261 e. The van der Waals surface area contributed by atoms with Gasteiger partial charge in [0.05, 0.1) is 24.8 Å². The molecule has 0 saturated heterocycles. The molecule has 0 aliphatic rings. The van der Waals surface area contributed by atoms with Gasteiger partial charge in [0.2, 0.25) is 8.32 Å². The summed E-state index contributed by atoms with van der Waals surface area (Å²) in [7, 11) is -1.23. The van der Waals surface area contributed by atoms with E-state index in [0.717, 1.165) is 22.2 Å². The van der Waals surface area contributed by atoms with Crippen molar-refractivity contribution in [1.82, 2.24) is 9.45 Å². The molecule has 0 bridgehead atoms. The van der Waals surface area contributed by atoms with Crippen molar-refractivity contribution in [3.63, 3.8) is 0 Å². The largest absolute Gasteiger partial charge is 0.496 e. The first-order valence-electron chi connectivity index (χ1n) is 13.5. The number of aromatic nitrogens is 1. The molecule has 0 spiro atoms. The Labute approximate surface area is 249 Å². The standard InChI is InChI=1S/C32H38N2O6SSi/c1-21(31(35)22-14-16-24(17-15-22)41(36,37)33-40-42(8,9)32(2,3)4)25-19-26(30(39-7)20-29(25)38-6)28-18-23-12-10-11-13-27(23)34(28)5/h10-20,33H,1H2,2-9H3. The van der Waals surface area contributed by atoms with Crippen LogP contribution >= 0.6 is 0 Å². The van der Waals surface area contributed by atoms with Gasteiger partial charge in [0.1, 0.15) is 11.5 Å². The highest BCUT2D eigenvalue weighted by molar-refractivity contribution is 7.89. The molecule has 42 heavy (non-hydrogen) atoms. The molecule has 0 aliphatic carbocycles. The molecule has 0 saturated carbocycles. The minimum atomic E-state index is -3.95. The number of methoxy groups -OCH3 is 2. The Balaban J connectivity index is 1.65. The molecule has 8 nitrogen and oxygen atoms in total. The lowest BCUT2D eigenvalue weighted by Crippen LogP contribution is -2.46. The second kappa shape index (κ2) is 11.5. The predicted octanol–water partition coefficient (Wildman–Crippen LogP) is 6.97. The van der Waals surface area contributed by atoms with Crippen molar-refractivity contribution in [2.45, 2.75) is 43.8 Å². The van der Waals surface area contributed by atoms with Crippen molar-refractivity contribution >= 4 is 40.6 Å². The van der Waals surface area contributed by atoms with Crippen molar-refractivity contribution in [2.75, 3.05) is 14.2 Å². The lowest BCUT2D eigenvalue weighted by molar-refractivity contribution is 0.105. The Kier molecular flexibility index (Phi) is 8.57. The van der Waals surface area contributed by atoms with Gasteiger partial charge in [-0.1, -0.05) is 45.5 Å². The van der Waals surface area contributed by atoms with Crippen LogP contribution in [0.25, 0.3) is 27.7 Å². The van der Waals surface area contributed by atoms with E-state index >= 15 is 0 Å². The van der Waals surface area contributed by atoms with Crippen LogP contribution in [-0.2, 0) is 21.6 Å². The average Bonchev–Trinajstić information content (AvgIpc) is 3.30. The van der Waals surface area contributed by atoms with Gasteiger partial charge in [-0.2, -0.15) is 0 Å². The van der Waals surface area contributed by atoms with E-state index in [4.69, 9.17) is 14.0 Å². The van der Waals surface area contributed by atoms with Crippen LogP contribution < -0.4 is 14.4 Å².